The lowest BCUT2D eigenvalue weighted by Crippen LogP contribution is -1.98. The van der Waals surface area contributed by atoms with Gasteiger partial charge in [-0.15, -0.1) is 0 Å². The maximum absolute atomic E-state index is 10.2. The molecule has 0 aliphatic rings. The summed E-state index contributed by atoms with van der Waals surface area (Å²) in [6, 6.07) is 0. The zero-order valence-electron chi connectivity index (χ0n) is 6.02. The van der Waals surface area contributed by atoms with Crippen molar-refractivity contribution in [2.45, 2.75) is 13.3 Å². The lowest BCUT2D eigenvalue weighted by molar-refractivity contribution is -0.140. The standard InChI is InChI=1S/C8H10O2/c1-3-4-5-6-7-10-8(2)9/h3H,1,6-7H2,2H3. The quantitative estimate of drug-likeness (QED) is 0.325. The Labute approximate surface area is 60.9 Å². The van der Waals surface area contributed by atoms with E-state index in [4.69, 9.17) is 0 Å². The average molecular weight is 138 g/mol. The molecule has 10 heavy (non-hydrogen) atoms. The van der Waals surface area contributed by atoms with E-state index >= 15 is 0 Å². The van der Waals surface area contributed by atoms with Gasteiger partial charge >= 0.3 is 5.97 Å². The van der Waals surface area contributed by atoms with Crippen LogP contribution in [0.1, 0.15) is 13.3 Å². The lowest BCUT2D eigenvalue weighted by Gasteiger charge is -1.93. The van der Waals surface area contributed by atoms with Gasteiger partial charge in [-0.1, -0.05) is 18.4 Å². The fraction of sp³-hybridized carbons (Fsp3) is 0.375. The van der Waals surface area contributed by atoms with E-state index in [0.29, 0.717) is 13.0 Å². The number of carbonyl (C=O) groups excluding carboxylic acids is 1. The third-order valence-electron chi connectivity index (χ3n) is 0.737. The predicted molar refractivity (Wildman–Crippen MR) is 39.2 cm³/mol. The number of rotatable bonds is 2. The molecule has 0 atom stereocenters. The Morgan fingerprint density at radius 2 is 2.50 bits per heavy atom. The Morgan fingerprint density at radius 1 is 1.80 bits per heavy atom. The van der Waals surface area contributed by atoms with Crippen LogP contribution in [0.5, 0.6) is 0 Å². The van der Waals surface area contributed by atoms with Crippen molar-refractivity contribution in [2.24, 2.45) is 0 Å². The Balaban J connectivity index is 3.20. The van der Waals surface area contributed by atoms with Gasteiger partial charge in [0, 0.05) is 13.3 Å². The molecular weight excluding hydrogens is 128 g/mol. The Kier molecular flexibility index (Phi) is 5.17. The van der Waals surface area contributed by atoms with E-state index in [9.17, 15) is 4.79 Å². The Morgan fingerprint density at radius 3 is 3.00 bits per heavy atom. The van der Waals surface area contributed by atoms with Crippen LogP contribution in [0, 0.1) is 11.8 Å². The average Bonchev–Trinajstić information content (AvgIpc) is 1.87. The molecule has 0 heterocycles. The van der Waals surface area contributed by atoms with Gasteiger partial charge in [-0.25, -0.2) is 0 Å². The molecule has 0 saturated heterocycles. The molecular formula is C8H10O2. The summed E-state index contributed by atoms with van der Waals surface area (Å²) in [7, 11) is 0. The van der Waals surface area contributed by atoms with E-state index in [0.717, 1.165) is 0 Å². The van der Waals surface area contributed by atoms with Gasteiger partial charge in [-0.2, -0.15) is 0 Å². The normalized spacial score (nSPS) is 7.30. The fourth-order valence-corrected chi connectivity index (χ4v) is 0.390. The summed E-state index contributed by atoms with van der Waals surface area (Å²) in [5.74, 6) is 5.13. The highest BCUT2D eigenvalue weighted by Crippen LogP contribution is 1.80. The summed E-state index contributed by atoms with van der Waals surface area (Å²) >= 11 is 0. The van der Waals surface area contributed by atoms with Crippen molar-refractivity contribution in [1.82, 2.24) is 0 Å². The molecule has 0 aromatic carbocycles. The van der Waals surface area contributed by atoms with Crippen LogP contribution in [0.2, 0.25) is 0 Å². The predicted octanol–water partition coefficient (Wildman–Crippen LogP) is 1.13. The molecule has 2 heteroatoms. The number of hydrogen-bond acceptors (Lipinski definition) is 2. The number of allylic oxidation sites excluding steroid dienone is 1. The van der Waals surface area contributed by atoms with E-state index in [-0.39, 0.29) is 5.97 Å². The van der Waals surface area contributed by atoms with Crippen LogP contribution in [-0.2, 0) is 9.53 Å². The van der Waals surface area contributed by atoms with Crippen molar-refractivity contribution in [3.05, 3.63) is 12.7 Å². The van der Waals surface area contributed by atoms with E-state index < -0.39 is 0 Å². The van der Waals surface area contributed by atoms with Crippen LogP contribution >= 0.6 is 0 Å². The summed E-state index contributed by atoms with van der Waals surface area (Å²) < 4.78 is 4.61. The van der Waals surface area contributed by atoms with Gasteiger partial charge in [-0.05, 0) is 6.08 Å². The van der Waals surface area contributed by atoms with E-state index in [2.05, 4.69) is 23.2 Å². The second-order valence-corrected chi connectivity index (χ2v) is 1.62. The first-order valence-corrected chi connectivity index (χ1v) is 3.00. The molecule has 0 rings (SSSR count). The fourth-order valence-electron chi connectivity index (χ4n) is 0.390. The molecule has 0 aromatic rings. The molecule has 0 bridgehead atoms. The Bertz CT molecular complexity index is 171. The van der Waals surface area contributed by atoms with Gasteiger partial charge in [0.05, 0.1) is 0 Å². The highest BCUT2D eigenvalue weighted by atomic mass is 16.5. The summed E-state index contributed by atoms with van der Waals surface area (Å²) in [4.78, 5) is 10.2. The zero-order chi connectivity index (χ0) is 7.82. The van der Waals surface area contributed by atoms with E-state index in [1.165, 1.54) is 13.0 Å². The third-order valence-corrected chi connectivity index (χ3v) is 0.737. The number of ether oxygens (including phenoxy) is 1. The second kappa shape index (κ2) is 5.90. The highest BCUT2D eigenvalue weighted by Gasteiger charge is 1.87. The monoisotopic (exact) mass is 138 g/mol. The molecule has 54 valence electrons. The highest BCUT2D eigenvalue weighted by molar-refractivity contribution is 5.65. The molecule has 0 spiro atoms. The maximum Gasteiger partial charge on any atom is 0.302 e. The van der Waals surface area contributed by atoms with Gasteiger partial charge in [0.2, 0.25) is 0 Å². The molecule has 0 aliphatic heterocycles. The molecule has 0 N–H and O–H groups in total. The molecule has 0 unspecified atom stereocenters. The first-order valence-electron chi connectivity index (χ1n) is 3.00. The summed E-state index contributed by atoms with van der Waals surface area (Å²) in [5.41, 5.74) is 0. The molecule has 0 aliphatic carbocycles. The van der Waals surface area contributed by atoms with Crippen molar-refractivity contribution in [1.29, 1.82) is 0 Å². The van der Waals surface area contributed by atoms with Crippen LogP contribution in [0.15, 0.2) is 12.7 Å². The largest absolute Gasteiger partial charge is 0.465 e. The Hall–Kier alpha value is -1.23. The minimum atomic E-state index is -0.264. The first-order chi connectivity index (χ1) is 4.77. The van der Waals surface area contributed by atoms with Crippen LogP contribution in [0.3, 0.4) is 0 Å². The first kappa shape index (κ1) is 8.77. The van der Waals surface area contributed by atoms with E-state index in [1.54, 1.807) is 0 Å². The minimum absolute atomic E-state index is 0.264. The van der Waals surface area contributed by atoms with Gasteiger partial charge < -0.3 is 4.74 Å². The van der Waals surface area contributed by atoms with Crippen LogP contribution < -0.4 is 0 Å². The van der Waals surface area contributed by atoms with Crippen molar-refractivity contribution in [2.75, 3.05) is 6.61 Å². The second-order valence-electron chi connectivity index (χ2n) is 1.62. The number of esters is 1. The molecule has 0 saturated carbocycles. The molecule has 0 radical (unpaired) electrons. The van der Waals surface area contributed by atoms with Gasteiger partial charge in [0.15, 0.2) is 0 Å². The molecule has 0 aromatic heterocycles. The number of hydrogen-bond donors (Lipinski definition) is 0. The summed E-state index contributed by atoms with van der Waals surface area (Å²) in [6.07, 6.45) is 2.08. The SMILES string of the molecule is C=CC#CCCOC(C)=O. The van der Waals surface area contributed by atoms with Crippen molar-refractivity contribution in [3.8, 4) is 11.8 Å². The topological polar surface area (TPSA) is 26.3 Å². The lowest BCUT2D eigenvalue weighted by atomic mass is 10.4. The van der Waals surface area contributed by atoms with Gasteiger partial charge in [-0.3, -0.25) is 4.79 Å². The number of carbonyl (C=O) groups is 1. The molecule has 0 amide bonds. The summed E-state index contributed by atoms with van der Waals surface area (Å²) in [5, 5.41) is 0. The summed E-state index contributed by atoms with van der Waals surface area (Å²) in [6.45, 7) is 5.16. The smallest absolute Gasteiger partial charge is 0.302 e. The van der Waals surface area contributed by atoms with E-state index in [1.807, 2.05) is 0 Å². The molecule has 2 nitrogen and oxygen atoms in total. The van der Waals surface area contributed by atoms with Crippen molar-refractivity contribution in [3.63, 3.8) is 0 Å². The molecule has 0 fully saturated rings. The van der Waals surface area contributed by atoms with Crippen LogP contribution in [-0.4, -0.2) is 12.6 Å². The van der Waals surface area contributed by atoms with Crippen LogP contribution in [0.25, 0.3) is 0 Å². The third kappa shape index (κ3) is 6.77. The zero-order valence-corrected chi connectivity index (χ0v) is 6.02. The van der Waals surface area contributed by atoms with Crippen molar-refractivity contribution >= 4 is 5.97 Å². The van der Waals surface area contributed by atoms with Crippen molar-refractivity contribution < 1.29 is 9.53 Å². The van der Waals surface area contributed by atoms with Gasteiger partial charge in [0.25, 0.3) is 0 Å². The minimum Gasteiger partial charge on any atom is -0.465 e. The van der Waals surface area contributed by atoms with Gasteiger partial charge in [0.1, 0.15) is 6.61 Å². The van der Waals surface area contributed by atoms with Crippen LogP contribution in [0.4, 0.5) is 0 Å². The maximum atomic E-state index is 10.2.